The highest BCUT2D eigenvalue weighted by atomic mass is 35.5. The number of carbonyl (C=O) groups excluding carboxylic acids is 1. The molecule has 116 valence electrons. The topological polar surface area (TPSA) is 50.4 Å². The fraction of sp³-hybridized carbons (Fsp3) is 0.562. The van der Waals surface area contributed by atoms with Crippen molar-refractivity contribution >= 4 is 18.3 Å². The number of hydrogen-bond acceptors (Lipinski definition) is 3. The van der Waals surface area contributed by atoms with E-state index in [4.69, 9.17) is 4.74 Å². The maximum atomic E-state index is 12.3. The summed E-state index contributed by atoms with van der Waals surface area (Å²) in [6.45, 7) is 2.55. The molecule has 0 spiro atoms. The van der Waals surface area contributed by atoms with Crippen LogP contribution in [0.15, 0.2) is 30.3 Å². The molecule has 1 aromatic carbocycles. The maximum Gasteiger partial charge on any atom is 0.224 e. The molecule has 3 rings (SSSR count). The molecule has 1 amide bonds. The number of carbonyl (C=O) groups is 1. The smallest absolute Gasteiger partial charge is 0.224 e. The average molecular weight is 311 g/mol. The number of rotatable bonds is 3. The molecule has 2 saturated heterocycles. The molecule has 0 aromatic heterocycles. The van der Waals surface area contributed by atoms with E-state index >= 15 is 0 Å². The standard InChI is InChI=1S/C16H22N2O2.ClH/c19-16(13-7-4-9-17-11-13)18-14-8-10-20-15(14)12-5-2-1-3-6-12;/h1-3,5-6,13-15,17H,4,7-11H2,(H,18,19);1H. The van der Waals surface area contributed by atoms with E-state index in [1.165, 1.54) is 0 Å². The van der Waals surface area contributed by atoms with Crippen LogP contribution in [0, 0.1) is 5.92 Å². The Morgan fingerprint density at radius 1 is 1.24 bits per heavy atom. The number of piperidine rings is 1. The number of hydrogen-bond donors (Lipinski definition) is 2. The Hall–Kier alpha value is -1.10. The summed E-state index contributed by atoms with van der Waals surface area (Å²) >= 11 is 0. The Morgan fingerprint density at radius 2 is 2.05 bits per heavy atom. The van der Waals surface area contributed by atoms with Crippen LogP contribution in [-0.2, 0) is 9.53 Å². The Bertz CT molecular complexity index is 449. The number of nitrogens with one attached hydrogen (secondary N) is 2. The Labute approximate surface area is 132 Å². The largest absolute Gasteiger partial charge is 0.371 e. The van der Waals surface area contributed by atoms with Crippen LogP contribution in [0.2, 0.25) is 0 Å². The van der Waals surface area contributed by atoms with Crippen molar-refractivity contribution in [3.63, 3.8) is 0 Å². The van der Waals surface area contributed by atoms with Crippen LogP contribution in [0.25, 0.3) is 0 Å². The first-order valence-electron chi connectivity index (χ1n) is 7.52. The molecule has 0 bridgehead atoms. The van der Waals surface area contributed by atoms with Gasteiger partial charge in [-0.25, -0.2) is 0 Å². The average Bonchev–Trinajstić information content (AvgIpc) is 2.97. The second kappa shape index (κ2) is 7.78. The summed E-state index contributed by atoms with van der Waals surface area (Å²) in [6, 6.07) is 10.3. The van der Waals surface area contributed by atoms with Crippen LogP contribution in [0.1, 0.15) is 30.9 Å². The van der Waals surface area contributed by atoms with Gasteiger partial charge in [-0.3, -0.25) is 4.79 Å². The molecule has 1 aromatic rings. The number of ether oxygens (including phenoxy) is 1. The molecule has 2 aliphatic heterocycles. The van der Waals surface area contributed by atoms with E-state index in [0.717, 1.165) is 37.9 Å². The van der Waals surface area contributed by atoms with Gasteiger partial charge in [-0.1, -0.05) is 30.3 Å². The molecule has 3 atom stereocenters. The minimum absolute atomic E-state index is 0. The van der Waals surface area contributed by atoms with Crippen molar-refractivity contribution in [3.05, 3.63) is 35.9 Å². The molecule has 4 nitrogen and oxygen atoms in total. The van der Waals surface area contributed by atoms with Crippen LogP contribution >= 0.6 is 12.4 Å². The lowest BCUT2D eigenvalue weighted by Crippen LogP contribution is -2.45. The highest BCUT2D eigenvalue weighted by Gasteiger charge is 2.32. The zero-order valence-electron chi connectivity index (χ0n) is 12.1. The molecule has 2 N–H and O–H groups in total. The van der Waals surface area contributed by atoms with E-state index < -0.39 is 0 Å². The number of halogens is 1. The van der Waals surface area contributed by atoms with Crippen molar-refractivity contribution in [2.75, 3.05) is 19.7 Å². The van der Waals surface area contributed by atoms with Gasteiger partial charge in [0.2, 0.25) is 5.91 Å². The van der Waals surface area contributed by atoms with Crippen molar-refractivity contribution in [2.24, 2.45) is 5.92 Å². The summed E-state index contributed by atoms with van der Waals surface area (Å²) in [5.41, 5.74) is 1.15. The second-order valence-corrected chi connectivity index (χ2v) is 5.65. The molecule has 2 heterocycles. The van der Waals surface area contributed by atoms with Crippen molar-refractivity contribution in [3.8, 4) is 0 Å². The summed E-state index contributed by atoms with van der Waals surface area (Å²) < 4.78 is 5.81. The molecule has 2 aliphatic rings. The van der Waals surface area contributed by atoms with Crippen molar-refractivity contribution in [1.82, 2.24) is 10.6 Å². The molecule has 21 heavy (non-hydrogen) atoms. The van der Waals surface area contributed by atoms with E-state index in [-0.39, 0.29) is 36.4 Å². The lowest BCUT2D eigenvalue weighted by Gasteiger charge is -2.26. The van der Waals surface area contributed by atoms with E-state index in [9.17, 15) is 4.79 Å². The van der Waals surface area contributed by atoms with Gasteiger partial charge in [0.1, 0.15) is 6.10 Å². The summed E-state index contributed by atoms with van der Waals surface area (Å²) in [6.07, 6.45) is 2.96. The van der Waals surface area contributed by atoms with Crippen molar-refractivity contribution in [2.45, 2.75) is 31.4 Å². The fourth-order valence-electron chi connectivity index (χ4n) is 3.08. The minimum Gasteiger partial charge on any atom is -0.371 e. The lowest BCUT2D eigenvalue weighted by molar-refractivity contribution is -0.126. The monoisotopic (exact) mass is 310 g/mol. The van der Waals surface area contributed by atoms with Gasteiger partial charge in [0.25, 0.3) is 0 Å². The molecular weight excluding hydrogens is 288 g/mol. The number of benzene rings is 1. The van der Waals surface area contributed by atoms with Gasteiger partial charge in [-0.2, -0.15) is 0 Å². The highest BCUT2D eigenvalue weighted by molar-refractivity contribution is 5.85. The van der Waals surface area contributed by atoms with Gasteiger partial charge in [-0.15, -0.1) is 12.4 Å². The Balaban J connectivity index is 0.00000161. The third-order valence-electron chi connectivity index (χ3n) is 4.22. The summed E-state index contributed by atoms with van der Waals surface area (Å²) in [5.74, 6) is 0.286. The van der Waals surface area contributed by atoms with E-state index in [1.54, 1.807) is 0 Å². The van der Waals surface area contributed by atoms with Crippen LogP contribution in [0.5, 0.6) is 0 Å². The predicted octanol–water partition coefficient (Wildman–Crippen LogP) is 2.05. The molecular formula is C16H23ClN2O2. The third-order valence-corrected chi connectivity index (χ3v) is 4.22. The van der Waals surface area contributed by atoms with Gasteiger partial charge < -0.3 is 15.4 Å². The minimum atomic E-state index is -0.00306. The van der Waals surface area contributed by atoms with Gasteiger partial charge in [0, 0.05) is 13.2 Å². The normalized spacial score (nSPS) is 28.7. The van der Waals surface area contributed by atoms with E-state index in [0.29, 0.717) is 6.61 Å². The first-order valence-corrected chi connectivity index (χ1v) is 7.52. The summed E-state index contributed by atoms with van der Waals surface area (Å²) in [4.78, 5) is 12.3. The van der Waals surface area contributed by atoms with Crippen molar-refractivity contribution < 1.29 is 9.53 Å². The molecule has 0 aliphatic carbocycles. The molecule has 2 fully saturated rings. The van der Waals surface area contributed by atoms with Gasteiger partial charge in [0.15, 0.2) is 0 Å². The second-order valence-electron chi connectivity index (χ2n) is 5.65. The first-order chi connectivity index (χ1) is 9.84. The Morgan fingerprint density at radius 3 is 2.76 bits per heavy atom. The van der Waals surface area contributed by atoms with Gasteiger partial charge in [0.05, 0.1) is 12.0 Å². The molecule has 0 radical (unpaired) electrons. The zero-order valence-corrected chi connectivity index (χ0v) is 12.9. The van der Waals surface area contributed by atoms with Crippen LogP contribution in [-0.4, -0.2) is 31.6 Å². The van der Waals surface area contributed by atoms with E-state index in [1.807, 2.05) is 18.2 Å². The van der Waals surface area contributed by atoms with Gasteiger partial charge in [-0.05, 0) is 31.4 Å². The van der Waals surface area contributed by atoms with Gasteiger partial charge >= 0.3 is 0 Å². The predicted molar refractivity (Wildman–Crippen MR) is 84.5 cm³/mol. The van der Waals surface area contributed by atoms with Crippen LogP contribution in [0.4, 0.5) is 0 Å². The van der Waals surface area contributed by atoms with Crippen LogP contribution < -0.4 is 10.6 Å². The quantitative estimate of drug-likeness (QED) is 0.898. The zero-order chi connectivity index (χ0) is 13.8. The Kier molecular flexibility index (Phi) is 6.03. The third kappa shape index (κ3) is 3.96. The fourth-order valence-corrected chi connectivity index (χ4v) is 3.08. The lowest BCUT2D eigenvalue weighted by atomic mass is 9.97. The molecule has 0 saturated carbocycles. The summed E-state index contributed by atoms with van der Waals surface area (Å²) in [7, 11) is 0. The van der Waals surface area contributed by atoms with Crippen molar-refractivity contribution in [1.29, 1.82) is 0 Å². The molecule has 5 heteroatoms. The van der Waals surface area contributed by atoms with Crippen LogP contribution in [0.3, 0.4) is 0 Å². The SMILES string of the molecule is Cl.O=C(NC1CCOC1c1ccccc1)C1CCCNC1. The number of amides is 1. The molecule has 3 unspecified atom stereocenters. The summed E-state index contributed by atoms with van der Waals surface area (Å²) in [5, 5.41) is 6.48. The van der Waals surface area contributed by atoms with E-state index in [2.05, 4.69) is 22.8 Å². The first kappa shape index (κ1) is 16.3. The highest BCUT2D eigenvalue weighted by Crippen LogP contribution is 2.29. The maximum absolute atomic E-state index is 12.3.